The van der Waals surface area contributed by atoms with Gasteiger partial charge in [0, 0.05) is 18.0 Å². The molecule has 7 nitrogen and oxygen atoms in total. The van der Waals surface area contributed by atoms with Crippen molar-refractivity contribution in [3.63, 3.8) is 0 Å². The molecule has 0 aliphatic heterocycles. The highest BCUT2D eigenvalue weighted by molar-refractivity contribution is 8.00. The second-order valence-corrected chi connectivity index (χ2v) is 9.96. The molecule has 1 unspecified atom stereocenters. The summed E-state index contributed by atoms with van der Waals surface area (Å²) in [5.41, 5.74) is 3.44. The fourth-order valence-electron chi connectivity index (χ4n) is 4.10. The lowest BCUT2D eigenvalue weighted by atomic mass is 9.83. The average Bonchev–Trinajstić information content (AvgIpc) is 3.25. The lowest BCUT2D eigenvalue weighted by Crippen LogP contribution is -2.50. The summed E-state index contributed by atoms with van der Waals surface area (Å²) in [6.07, 6.45) is 7.90. The molecule has 1 N–H and O–H groups in total. The lowest BCUT2D eigenvalue weighted by Gasteiger charge is -2.32. The minimum Gasteiger partial charge on any atom is -0.337 e. The van der Waals surface area contributed by atoms with Crippen molar-refractivity contribution in [2.45, 2.75) is 68.8 Å². The predicted molar refractivity (Wildman–Crippen MR) is 129 cm³/mol. The number of carbonyl (C=O) groups is 1. The smallest absolute Gasteiger partial charge is 0.234 e. The first-order chi connectivity index (χ1) is 15.9. The highest BCUT2D eigenvalue weighted by Crippen LogP contribution is 2.32. The van der Waals surface area contributed by atoms with Crippen LogP contribution < -0.4 is 5.32 Å². The number of amides is 1. The number of carbonyl (C=O) groups excluding carboxylic acids is 1. The highest BCUT2D eigenvalue weighted by atomic mass is 32.2. The molecule has 33 heavy (non-hydrogen) atoms. The molecule has 1 aliphatic rings. The Morgan fingerprint density at radius 1 is 1.12 bits per heavy atom. The molecule has 0 bridgehead atoms. The van der Waals surface area contributed by atoms with Crippen molar-refractivity contribution in [2.24, 2.45) is 0 Å². The molecule has 8 heteroatoms. The van der Waals surface area contributed by atoms with Crippen LogP contribution in [0, 0.1) is 25.2 Å². The van der Waals surface area contributed by atoms with Crippen molar-refractivity contribution < 1.29 is 4.79 Å². The Hall–Kier alpha value is -3.18. The number of hydrogen-bond donors (Lipinski definition) is 1. The normalized spacial score (nSPS) is 16.1. The Balaban J connectivity index is 1.65. The molecular formula is C25H28N6OS. The molecule has 2 aromatic heterocycles. The second-order valence-electron chi connectivity index (χ2n) is 8.65. The van der Waals surface area contributed by atoms with E-state index in [1.54, 1.807) is 12.4 Å². The summed E-state index contributed by atoms with van der Waals surface area (Å²) in [7, 11) is 0. The van der Waals surface area contributed by atoms with Gasteiger partial charge in [0.25, 0.3) is 0 Å². The minimum atomic E-state index is -0.756. The van der Waals surface area contributed by atoms with Crippen LogP contribution in [0.5, 0.6) is 0 Å². The first-order valence-electron chi connectivity index (χ1n) is 11.3. The molecule has 0 spiro atoms. The van der Waals surface area contributed by atoms with Gasteiger partial charge in [-0.15, -0.1) is 10.2 Å². The zero-order valence-corrected chi connectivity index (χ0v) is 20.0. The standard InChI is InChI=1S/C25H28N6OS/c1-17-7-8-21(15-18(17)2)31-22(20-9-13-27-14-10-20)29-30-24(31)33-19(3)23(32)28-25(16-26)11-5-4-6-12-25/h7-10,13-15,19H,4-6,11-12H2,1-3H3,(H,28,32). The van der Waals surface area contributed by atoms with Crippen molar-refractivity contribution in [1.29, 1.82) is 5.26 Å². The third kappa shape index (κ3) is 4.93. The van der Waals surface area contributed by atoms with E-state index in [2.05, 4.69) is 52.5 Å². The third-order valence-electron chi connectivity index (χ3n) is 6.26. The molecule has 170 valence electrons. The first kappa shape index (κ1) is 23.0. The van der Waals surface area contributed by atoms with Gasteiger partial charge in [0.1, 0.15) is 5.54 Å². The van der Waals surface area contributed by atoms with Crippen LogP contribution in [-0.2, 0) is 4.79 Å². The van der Waals surface area contributed by atoms with E-state index < -0.39 is 10.8 Å². The number of aromatic nitrogens is 4. The van der Waals surface area contributed by atoms with Crippen LogP contribution in [0.4, 0.5) is 0 Å². The maximum atomic E-state index is 13.1. The van der Waals surface area contributed by atoms with Crippen LogP contribution in [0.2, 0.25) is 0 Å². The number of hydrogen-bond acceptors (Lipinski definition) is 6. The van der Waals surface area contributed by atoms with Crippen LogP contribution in [-0.4, -0.2) is 36.4 Å². The molecule has 4 rings (SSSR count). The summed E-state index contributed by atoms with van der Waals surface area (Å²) in [5, 5.41) is 21.8. The van der Waals surface area contributed by atoms with E-state index in [0.29, 0.717) is 23.8 Å². The van der Waals surface area contributed by atoms with Crippen LogP contribution >= 0.6 is 11.8 Å². The van der Waals surface area contributed by atoms with Gasteiger partial charge >= 0.3 is 0 Å². The molecule has 1 aromatic carbocycles. The average molecular weight is 461 g/mol. The Labute approximate surface area is 198 Å². The molecule has 1 amide bonds. The number of rotatable bonds is 6. The number of nitrogens with zero attached hydrogens (tertiary/aromatic N) is 5. The quantitative estimate of drug-likeness (QED) is 0.532. The molecule has 0 radical (unpaired) electrons. The third-order valence-corrected chi connectivity index (χ3v) is 7.30. The molecule has 3 aromatic rings. The number of benzene rings is 1. The summed E-state index contributed by atoms with van der Waals surface area (Å²) < 4.78 is 1.98. The van der Waals surface area contributed by atoms with Gasteiger partial charge in [-0.25, -0.2) is 0 Å². The summed E-state index contributed by atoms with van der Waals surface area (Å²) in [4.78, 5) is 17.2. The maximum absolute atomic E-state index is 13.1. The molecule has 1 aliphatic carbocycles. The van der Waals surface area contributed by atoms with Gasteiger partial charge in [-0.3, -0.25) is 14.3 Å². The van der Waals surface area contributed by atoms with E-state index in [0.717, 1.165) is 36.1 Å². The summed E-state index contributed by atoms with van der Waals surface area (Å²) in [5.74, 6) is 0.542. The van der Waals surface area contributed by atoms with E-state index in [-0.39, 0.29) is 5.91 Å². The lowest BCUT2D eigenvalue weighted by molar-refractivity contribution is -0.121. The van der Waals surface area contributed by atoms with Crippen LogP contribution in [0.1, 0.15) is 50.2 Å². The Morgan fingerprint density at radius 2 is 1.85 bits per heavy atom. The van der Waals surface area contributed by atoms with E-state index in [1.807, 2.05) is 29.7 Å². The number of pyridine rings is 1. The molecule has 0 saturated heterocycles. The van der Waals surface area contributed by atoms with Gasteiger partial charge in [0.05, 0.1) is 17.0 Å². The second kappa shape index (κ2) is 9.75. The Kier molecular flexibility index (Phi) is 6.80. The monoisotopic (exact) mass is 460 g/mol. The van der Waals surface area contributed by atoms with Crippen LogP contribution in [0.25, 0.3) is 17.1 Å². The molecule has 1 saturated carbocycles. The predicted octanol–water partition coefficient (Wildman–Crippen LogP) is 4.77. The van der Waals surface area contributed by atoms with Gasteiger partial charge in [0.15, 0.2) is 11.0 Å². The highest BCUT2D eigenvalue weighted by Gasteiger charge is 2.35. The van der Waals surface area contributed by atoms with Gasteiger partial charge < -0.3 is 5.32 Å². The minimum absolute atomic E-state index is 0.149. The maximum Gasteiger partial charge on any atom is 0.234 e. The molecule has 1 fully saturated rings. The van der Waals surface area contributed by atoms with Crippen LogP contribution in [0.3, 0.4) is 0 Å². The van der Waals surface area contributed by atoms with E-state index in [1.165, 1.54) is 17.3 Å². The fourth-order valence-corrected chi connectivity index (χ4v) is 4.97. The zero-order chi connectivity index (χ0) is 23.4. The van der Waals surface area contributed by atoms with E-state index in [9.17, 15) is 10.1 Å². The number of nitriles is 1. The fraction of sp³-hybridized carbons (Fsp3) is 0.400. The summed E-state index contributed by atoms with van der Waals surface area (Å²) >= 11 is 1.35. The summed E-state index contributed by atoms with van der Waals surface area (Å²) in [6.45, 7) is 6.00. The molecular weight excluding hydrogens is 432 g/mol. The molecule has 1 atom stereocenters. The van der Waals surface area contributed by atoms with Crippen molar-refractivity contribution in [3.8, 4) is 23.1 Å². The van der Waals surface area contributed by atoms with Crippen molar-refractivity contribution in [3.05, 3.63) is 53.9 Å². The SMILES string of the molecule is Cc1ccc(-n2c(SC(C)C(=O)NC3(C#N)CCCCC3)nnc2-c2ccncc2)cc1C. The van der Waals surface area contributed by atoms with E-state index in [4.69, 9.17) is 0 Å². The number of aryl methyl sites for hydroxylation is 2. The van der Waals surface area contributed by atoms with Crippen LogP contribution in [0.15, 0.2) is 47.9 Å². The van der Waals surface area contributed by atoms with Gasteiger partial charge in [-0.1, -0.05) is 37.1 Å². The van der Waals surface area contributed by atoms with E-state index >= 15 is 0 Å². The van der Waals surface area contributed by atoms with Gasteiger partial charge in [0.2, 0.25) is 5.91 Å². The Bertz CT molecular complexity index is 1180. The van der Waals surface area contributed by atoms with Crippen molar-refractivity contribution in [1.82, 2.24) is 25.1 Å². The van der Waals surface area contributed by atoms with Crippen molar-refractivity contribution >= 4 is 17.7 Å². The number of nitrogens with one attached hydrogen (secondary N) is 1. The van der Waals surface area contributed by atoms with Crippen molar-refractivity contribution in [2.75, 3.05) is 0 Å². The number of thioether (sulfide) groups is 1. The van der Waals surface area contributed by atoms with Gasteiger partial charge in [-0.05, 0) is 69.0 Å². The Morgan fingerprint density at radius 3 is 2.52 bits per heavy atom. The summed E-state index contributed by atoms with van der Waals surface area (Å²) in [6, 6.07) is 12.4. The van der Waals surface area contributed by atoms with Gasteiger partial charge in [-0.2, -0.15) is 5.26 Å². The largest absolute Gasteiger partial charge is 0.337 e. The topological polar surface area (TPSA) is 96.5 Å². The zero-order valence-electron chi connectivity index (χ0n) is 19.2. The molecule has 2 heterocycles. The first-order valence-corrected chi connectivity index (χ1v) is 12.1.